The summed E-state index contributed by atoms with van der Waals surface area (Å²) >= 11 is 0. The lowest BCUT2D eigenvalue weighted by atomic mass is 10.1. The Balaban J connectivity index is 2.11. The number of nitrogens with one attached hydrogen (secondary N) is 2. The maximum atomic E-state index is 12.4. The van der Waals surface area contributed by atoms with E-state index < -0.39 is 0 Å². The number of hydrogen-bond donors (Lipinski definition) is 2. The van der Waals surface area contributed by atoms with Gasteiger partial charge in [-0.15, -0.1) is 0 Å². The van der Waals surface area contributed by atoms with Gasteiger partial charge in [0.05, 0.1) is 5.56 Å². The minimum atomic E-state index is -0.0452. The predicted molar refractivity (Wildman–Crippen MR) is 87.7 cm³/mol. The molecule has 0 aliphatic carbocycles. The van der Waals surface area contributed by atoms with E-state index in [9.17, 15) is 4.79 Å². The number of carbonyl (C=O) groups is 1. The van der Waals surface area contributed by atoms with Crippen molar-refractivity contribution >= 4 is 11.6 Å². The van der Waals surface area contributed by atoms with Crippen LogP contribution in [0.3, 0.4) is 0 Å². The number of carbonyl (C=O) groups excluding carboxylic acids is 1. The highest BCUT2D eigenvalue weighted by Gasteiger charge is 2.11. The summed E-state index contributed by atoms with van der Waals surface area (Å²) in [6, 6.07) is 14.1. The first-order valence-corrected chi connectivity index (χ1v) is 7.28. The third-order valence-corrected chi connectivity index (χ3v) is 3.32. The molecule has 0 fully saturated rings. The highest BCUT2D eigenvalue weighted by molar-refractivity contribution is 5.99. The molecule has 2 aromatic rings. The van der Waals surface area contributed by atoms with Crippen LogP contribution in [0.25, 0.3) is 0 Å². The fourth-order valence-electron chi connectivity index (χ4n) is 2.29. The Morgan fingerprint density at radius 2 is 1.81 bits per heavy atom. The van der Waals surface area contributed by atoms with E-state index in [1.807, 2.05) is 44.2 Å². The zero-order valence-electron chi connectivity index (χ0n) is 12.9. The van der Waals surface area contributed by atoms with Gasteiger partial charge in [-0.25, -0.2) is 0 Å². The summed E-state index contributed by atoms with van der Waals surface area (Å²) in [6.07, 6.45) is 0. The molecular formula is C18H22N2O. The van der Waals surface area contributed by atoms with Crippen LogP contribution in [0.1, 0.15) is 34.0 Å². The first kappa shape index (κ1) is 15.1. The van der Waals surface area contributed by atoms with Gasteiger partial charge in [0.25, 0.3) is 5.91 Å². The summed E-state index contributed by atoms with van der Waals surface area (Å²) in [7, 11) is 0. The molecular weight excluding hydrogens is 260 g/mol. The molecule has 3 nitrogen and oxygen atoms in total. The Labute approximate surface area is 126 Å². The van der Waals surface area contributed by atoms with Crippen molar-refractivity contribution in [2.24, 2.45) is 0 Å². The van der Waals surface area contributed by atoms with Crippen molar-refractivity contribution in [3.63, 3.8) is 0 Å². The minimum Gasteiger partial charge on any atom is -0.385 e. The van der Waals surface area contributed by atoms with Gasteiger partial charge in [-0.2, -0.15) is 0 Å². The second kappa shape index (κ2) is 6.93. The van der Waals surface area contributed by atoms with Crippen molar-refractivity contribution in [3.05, 3.63) is 64.7 Å². The molecule has 0 radical (unpaired) electrons. The van der Waals surface area contributed by atoms with E-state index in [0.29, 0.717) is 12.1 Å². The highest BCUT2D eigenvalue weighted by Crippen LogP contribution is 2.17. The Bertz CT molecular complexity index is 635. The first-order chi connectivity index (χ1) is 10.1. The summed E-state index contributed by atoms with van der Waals surface area (Å²) in [4.78, 5) is 12.4. The lowest BCUT2D eigenvalue weighted by Gasteiger charge is -2.12. The summed E-state index contributed by atoms with van der Waals surface area (Å²) in [5.41, 5.74) is 4.97. The number of hydrogen-bond acceptors (Lipinski definition) is 2. The second-order valence-electron chi connectivity index (χ2n) is 5.25. The van der Waals surface area contributed by atoms with Crippen LogP contribution in [0.4, 0.5) is 5.69 Å². The molecule has 21 heavy (non-hydrogen) atoms. The molecule has 0 heterocycles. The summed E-state index contributed by atoms with van der Waals surface area (Å²) < 4.78 is 0. The van der Waals surface area contributed by atoms with Gasteiger partial charge in [0, 0.05) is 18.8 Å². The average Bonchev–Trinajstić information content (AvgIpc) is 2.47. The van der Waals surface area contributed by atoms with E-state index in [1.54, 1.807) is 0 Å². The van der Waals surface area contributed by atoms with Crippen molar-refractivity contribution < 1.29 is 4.79 Å². The van der Waals surface area contributed by atoms with Gasteiger partial charge in [0.15, 0.2) is 0 Å². The van der Waals surface area contributed by atoms with Gasteiger partial charge in [-0.1, -0.05) is 41.5 Å². The molecule has 2 N–H and O–H groups in total. The first-order valence-electron chi connectivity index (χ1n) is 7.28. The lowest BCUT2D eigenvalue weighted by Crippen LogP contribution is -2.24. The Kier molecular flexibility index (Phi) is 4.99. The van der Waals surface area contributed by atoms with E-state index in [2.05, 4.69) is 29.7 Å². The average molecular weight is 282 g/mol. The van der Waals surface area contributed by atoms with Crippen LogP contribution in [0.2, 0.25) is 0 Å². The van der Waals surface area contributed by atoms with Crippen LogP contribution in [0.15, 0.2) is 42.5 Å². The third-order valence-electron chi connectivity index (χ3n) is 3.32. The number of rotatable bonds is 5. The molecule has 2 aromatic carbocycles. The van der Waals surface area contributed by atoms with Gasteiger partial charge >= 0.3 is 0 Å². The highest BCUT2D eigenvalue weighted by atomic mass is 16.1. The van der Waals surface area contributed by atoms with E-state index in [-0.39, 0.29) is 5.91 Å². The molecule has 0 saturated heterocycles. The van der Waals surface area contributed by atoms with Gasteiger partial charge in [0.1, 0.15) is 0 Å². The van der Waals surface area contributed by atoms with Crippen LogP contribution >= 0.6 is 0 Å². The Morgan fingerprint density at radius 1 is 1.05 bits per heavy atom. The number of amides is 1. The van der Waals surface area contributed by atoms with Crippen molar-refractivity contribution in [2.45, 2.75) is 27.3 Å². The molecule has 0 saturated carbocycles. The molecule has 3 heteroatoms. The monoisotopic (exact) mass is 282 g/mol. The van der Waals surface area contributed by atoms with Crippen molar-refractivity contribution in [2.75, 3.05) is 11.9 Å². The molecule has 110 valence electrons. The van der Waals surface area contributed by atoms with Crippen LogP contribution in [0, 0.1) is 13.8 Å². The van der Waals surface area contributed by atoms with E-state index in [4.69, 9.17) is 0 Å². The maximum absolute atomic E-state index is 12.4. The Hall–Kier alpha value is -2.29. The standard InChI is InChI=1S/C18H22N2O/c1-4-19-17-9-8-14(3)11-16(17)18(21)20-12-15-7-5-6-13(2)10-15/h5-11,19H,4,12H2,1-3H3,(H,20,21). The summed E-state index contributed by atoms with van der Waals surface area (Å²) in [5.74, 6) is -0.0452. The SMILES string of the molecule is CCNc1ccc(C)cc1C(=O)NCc1cccc(C)c1. The molecule has 0 bridgehead atoms. The van der Waals surface area contributed by atoms with Gasteiger partial charge < -0.3 is 10.6 Å². The third kappa shape index (κ3) is 4.09. The minimum absolute atomic E-state index is 0.0452. The normalized spacial score (nSPS) is 10.2. The fraction of sp³-hybridized carbons (Fsp3) is 0.278. The molecule has 1 amide bonds. The van der Waals surface area contributed by atoms with Crippen LogP contribution in [0.5, 0.6) is 0 Å². The second-order valence-corrected chi connectivity index (χ2v) is 5.25. The quantitative estimate of drug-likeness (QED) is 0.878. The van der Waals surface area contributed by atoms with E-state index in [1.165, 1.54) is 5.56 Å². The number of anilines is 1. The van der Waals surface area contributed by atoms with Gasteiger partial charge in [-0.3, -0.25) is 4.79 Å². The predicted octanol–water partition coefficient (Wildman–Crippen LogP) is 3.67. The lowest BCUT2D eigenvalue weighted by molar-refractivity contribution is 0.0951. The molecule has 0 aromatic heterocycles. The van der Waals surface area contributed by atoms with Crippen molar-refractivity contribution in [3.8, 4) is 0 Å². The van der Waals surface area contributed by atoms with Gasteiger partial charge in [-0.05, 0) is 38.5 Å². The van der Waals surface area contributed by atoms with Gasteiger partial charge in [0.2, 0.25) is 0 Å². The maximum Gasteiger partial charge on any atom is 0.253 e. The topological polar surface area (TPSA) is 41.1 Å². The summed E-state index contributed by atoms with van der Waals surface area (Å²) in [5, 5.41) is 6.22. The number of aryl methyl sites for hydroxylation is 2. The zero-order chi connectivity index (χ0) is 15.2. The largest absolute Gasteiger partial charge is 0.385 e. The Morgan fingerprint density at radius 3 is 2.52 bits per heavy atom. The molecule has 2 rings (SSSR count). The molecule has 0 aliphatic heterocycles. The van der Waals surface area contributed by atoms with E-state index >= 15 is 0 Å². The molecule has 0 spiro atoms. The fourth-order valence-corrected chi connectivity index (χ4v) is 2.29. The van der Waals surface area contributed by atoms with E-state index in [0.717, 1.165) is 23.4 Å². The smallest absolute Gasteiger partial charge is 0.253 e. The number of benzene rings is 2. The van der Waals surface area contributed by atoms with Crippen LogP contribution in [-0.2, 0) is 6.54 Å². The molecule has 0 atom stereocenters. The van der Waals surface area contributed by atoms with Crippen LogP contribution in [-0.4, -0.2) is 12.5 Å². The summed E-state index contributed by atoms with van der Waals surface area (Å²) in [6.45, 7) is 7.40. The van der Waals surface area contributed by atoms with Crippen LogP contribution < -0.4 is 10.6 Å². The van der Waals surface area contributed by atoms with Crippen molar-refractivity contribution in [1.29, 1.82) is 0 Å². The zero-order valence-corrected chi connectivity index (χ0v) is 12.9. The van der Waals surface area contributed by atoms with Crippen molar-refractivity contribution in [1.82, 2.24) is 5.32 Å². The molecule has 0 aliphatic rings. The molecule has 0 unspecified atom stereocenters.